The Morgan fingerprint density at radius 2 is 1.89 bits per heavy atom. The molecule has 2 unspecified atom stereocenters. The summed E-state index contributed by atoms with van der Waals surface area (Å²) in [6, 6.07) is 3.96. The molecule has 98 valence electrons. The van der Waals surface area contributed by atoms with Gasteiger partial charge in [-0.05, 0) is 11.6 Å². The van der Waals surface area contributed by atoms with E-state index in [2.05, 4.69) is 0 Å². The van der Waals surface area contributed by atoms with Crippen molar-refractivity contribution in [3.05, 3.63) is 35.1 Å². The molecule has 0 amide bonds. The maximum atomic E-state index is 13.2. The number of benzene rings is 1. The molecule has 1 aromatic rings. The first kappa shape index (κ1) is 14.4. The molecule has 0 aliphatic rings. The molecule has 0 saturated carbocycles. The number of aliphatic hydroxyl groups is 2. The van der Waals surface area contributed by atoms with Gasteiger partial charge >= 0.3 is 6.18 Å². The van der Waals surface area contributed by atoms with Crippen LogP contribution in [0.4, 0.5) is 17.6 Å². The van der Waals surface area contributed by atoms with Gasteiger partial charge in [0.2, 0.25) is 0 Å². The quantitative estimate of drug-likeness (QED) is 0.821. The number of aliphatic hydroxyl groups excluding tert-OH is 2. The topological polar surface area (TPSA) is 64.2 Å². The first-order chi connectivity index (χ1) is 8.29. The SMILES string of the molecule is N#CCC(O)C(O)c1cccc(F)c1C(F)(F)F. The number of hydrogen-bond donors (Lipinski definition) is 2. The van der Waals surface area contributed by atoms with Gasteiger partial charge in [-0.2, -0.15) is 18.4 Å². The molecule has 0 aliphatic heterocycles. The third kappa shape index (κ3) is 2.97. The minimum atomic E-state index is -4.99. The first-order valence-corrected chi connectivity index (χ1v) is 4.87. The van der Waals surface area contributed by atoms with Crippen molar-refractivity contribution in [2.75, 3.05) is 0 Å². The normalized spacial score (nSPS) is 14.9. The highest BCUT2D eigenvalue weighted by atomic mass is 19.4. The van der Waals surface area contributed by atoms with Gasteiger partial charge < -0.3 is 10.2 Å². The van der Waals surface area contributed by atoms with Crippen molar-refractivity contribution in [3.63, 3.8) is 0 Å². The highest BCUT2D eigenvalue weighted by Crippen LogP contribution is 2.37. The molecule has 0 aromatic heterocycles. The second-order valence-electron chi connectivity index (χ2n) is 3.58. The minimum Gasteiger partial charge on any atom is -0.389 e. The maximum absolute atomic E-state index is 13.2. The van der Waals surface area contributed by atoms with Gasteiger partial charge in [0.25, 0.3) is 0 Å². The average Bonchev–Trinajstić information content (AvgIpc) is 2.26. The highest BCUT2D eigenvalue weighted by molar-refractivity contribution is 5.33. The number of hydrogen-bond acceptors (Lipinski definition) is 3. The van der Waals surface area contributed by atoms with E-state index in [9.17, 15) is 27.8 Å². The van der Waals surface area contributed by atoms with Crippen molar-refractivity contribution in [1.29, 1.82) is 5.26 Å². The smallest absolute Gasteiger partial charge is 0.389 e. The van der Waals surface area contributed by atoms with Crippen LogP contribution in [0.15, 0.2) is 18.2 Å². The summed E-state index contributed by atoms with van der Waals surface area (Å²) in [5.74, 6) is -1.54. The molecule has 0 spiro atoms. The largest absolute Gasteiger partial charge is 0.419 e. The summed E-state index contributed by atoms with van der Waals surface area (Å²) >= 11 is 0. The van der Waals surface area contributed by atoms with E-state index in [4.69, 9.17) is 5.26 Å². The Kier molecular flexibility index (Phi) is 4.27. The van der Waals surface area contributed by atoms with Crippen LogP contribution in [0.5, 0.6) is 0 Å². The third-order valence-corrected chi connectivity index (χ3v) is 2.31. The van der Waals surface area contributed by atoms with Crippen molar-refractivity contribution in [3.8, 4) is 6.07 Å². The molecule has 3 nitrogen and oxygen atoms in total. The van der Waals surface area contributed by atoms with Crippen LogP contribution in [0.3, 0.4) is 0 Å². The van der Waals surface area contributed by atoms with Crippen molar-refractivity contribution >= 4 is 0 Å². The lowest BCUT2D eigenvalue weighted by molar-refractivity contribution is -0.142. The van der Waals surface area contributed by atoms with Crippen LogP contribution < -0.4 is 0 Å². The summed E-state index contributed by atoms with van der Waals surface area (Å²) in [5.41, 5.74) is -2.42. The Morgan fingerprint density at radius 1 is 1.28 bits per heavy atom. The fourth-order valence-electron chi connectivity index (χ4n) is 1.50. The molecule has 1 aromatic carbocycles. The Morgan fingerprint density at radius 3 is 2.39 bits per heavy atom. The predicted molar refractivity (Wildman–Crippen MR) is 52.6 cm³/mol. The third-order valence-electron chi connectivity index (χ3n) is 2.31. The summed E-state index contributed by atoms with van der Waals surface area (Å²) in [6.45, 7) is 0. The molecule has 2 atom stereocenters. The van der Waals surface area contributed by atoms with Gasteiger partial charge in [0, 0.05) is 0 Å². The van der Waals surface area contributed by atoms with E-state index in [1.165, 1.54) is 6.07 Å². The molecule has 1 rings (SSSR count). The van der Waals surface area contributed by atoms with E-state index < -0.39 is 41.7 Å². The lowest BCUT2D eigenvalue weighted by Gasteiger charge is -2.20. The fourth-order valence-corrected chi connectivity index (χ4v) is 1.50. The van der Waals surface area contributed by atoms with Gasteiger partial charge in [0.05, 0.1) is 24.2 Å². The predicted octanol–water partition coefficient (Wildman–Crippen LogP) is 2.15. The van der Waals surface area contributed by atoms with Crippen LogP contribution in [-0.2, 0) is 6.18 Å². The summed E-state index contributed by atoms with van der Waals surface area (Å²) in [7, 11) is 0. The van der Waals surface area contributed by atoms with Gasteiger partial charge in [-0.1, -0.05) is 12.1 Å². The van der Waals surface area contributed by atoms with E-state index in [0.717, 1.165) is 12.1 Å². The second-order valence-corrected chi connectivity index (χ2v) is 3.58. The number of halogens is 4. The Labute approximate surface area is 99.9 Å². The monoisotopic (exact) mass is 263 g/mol. The van der Waals surface area contributed by atoms with Crippen molar-refractivity contribution in [2.45, 2.75) is 24.8 Å². The van der Waals surface area contributed by atoms with E-state index in [-0.39, 0.29) is 0 Å². The van der Waals surface area contributed by atoms with E-state index in [1.807, 2.05) is 0 Å². The molecule has 0 heterocycles. The number of alkyl halides is 3. The number of nitriles is 1. The van der Waals surface area contributed by atoms with Gasteiger partial charge in [-0.3, -0.25) is 0 Å². The standard InChI is InChI=1S/C11H9F4NO2/c12-7-3-1-2-6(9(7)11(13,14)15)10(18)8(17)4-5-16/h1-3,8,10,17-18H,4H2. The van der Waals surface area contributed by atoms with Crippen LogP contribution in [0.1, 0.15) is 23.7 Å². The van der Waals surface area contributed by atoms with Crippen LogP contribution in [0.25, 0.3) is 0 Å². The molecule has 7 heteroatoms. The fraction of sp³-hybridized carbons (Fsp3) is 0.364. The van der Waals surface area contributed by atoms with E-state index in [0.29, 0.717) is 6.07 Å². The van der Waals surface area contributed by atoms with Crippen LogP contribution >= 0.6 is 0 Å². The lowest BCUT2D eigenvalue weighted by Crippen LogP contribution is -2.22. The Hall–Kier alpha value is -1.65. The van der Waals surface area contributed by atoms with Gasteiger partial charge in [-0.25, -0.2) is 4.39 Å². The van der Waals surface area contributed by atoms with Gasteiger partial charge in [0.1, 0.15) is 11.9 Å². The molecule has 0 radical (unpaired) electrons. The maximum Gasteiger partial charge on any atom is 0.419 e. The number of nitrogens with zero attached hydrogens (tertiary/aromatic N) is 1. The molecule has 0 saturated heterocycles. The summed E-state index contributed by atoms with van der Waals surface area (Å²) < 4.78 is 51.0. The van der Waals surface area contributed by atoms with Gasteiger partial charge in [0.15, 0.2) is 0 Å². The zero-order chi connectivity index (χ0) is 13.9. The van der Waals surface area contributed by atoms with Crippen molar-refractivity contribution in [1.82, 2.24) is 0 Å². The van der Waals surface area contributed by atoms with Crippen LogP contribution in [0.2, 0.25) is 0 Å². The zero-order valence-corrected chi connectivity index (χ0v) is 8.95. The van der Waals surface area contributed by atoms with Crippen molar-refractivity contribution < 1.29 is 27.8 Å². The summed E-state index contributed by atoms with van der Waals surface area (Å²) in [6.07, 6.45) is -9.24. The average molecular weight is 263 g/mol. The van der Waals surface area contributed by atoms with E-state index >= 15 is 0 Å². The molecular weight excluding hydrogens is 254 g/mol. The molecule has 2 N–H and O–H groups in total. The molecule has 18 heavy (non-hydrogen) atoms. The summed E-state index contributed by atoms with van der Waals surface area (Å²) in [4.78, 5) is 0. The molecule has 0 bridgehead atoms. The van der Waals surface area contributed by atoms with Crippen LogP contribution in [0, 0.1) is 17.1 Å². The van der Waals surface area contributed by atoms with E-state index in [1.54, 1.807) is 0 Å². The first-order valence-electron chi connectivity index (χ1n) is 4.87. The minimum absolute atomic E-state index is 0.561. The Bertz CT molecular complexity index is 467. The number of rotatable bonds is 3. The summed E-state index contributed by atoms with van der Waals surface area (Å²) in [5, 5.41) is 27.1. The highest BCUT2D eigenvalue weighted by Gasteiger charge is 2.39. The van der Waals surface area contributed by atoms with Crippen LogP contribution in [-0.4, -0.2) is 16.3 Å². The van der Waals surface area contributed by atoms with Crippen molar-refractivity contribution in [2.24, 2.45) is 0 Å². The van der Waals surface area contributed by atoms with Gasteiger partial charge in [-0.15, -0.1) is 0 Å². The second kappa shape index (κ2) is 5.33. The Balaban J connectivity index is 3.25. The molecular formula is C11H9F4NO2. The lowest BCUT2D eigenvalue weighted by atomic mass is 9.96. The molecule has 0 fully saturated rings. The molecule has 0 aliphatic carbocycles. The zero-order valence-electron chi connectivity index (χ0n) is 8.95.